The quantitative estimate of drug-likeness (QED) is 0.643. The smallest absolute Gasteiger partial charge is 0.0438 e. The number of hydrogen-bond acceptors (Lipinski definition) is 0. The van der Waals surface area contributed by atoms with Crippen molar-refractivity contribution in [2.75, 3.05) is 0 Å². The van der Waals surface area contributed by atoms with Gasteiger partial charge in [-0.25, -0.2) is 0 Å². The number of halogens is 2. The zero-order valence-electron chi connectivity index (χ0n) is 10.6. The molecule has 0 aliphatic heterocycles. The average Bonchev–Trinajstić information content (AvgIpc) is 2.94. The van der Waals surface area contributed by atoms with E-state index in [2.05, 4.69) is 28.1 Å². The van der Waals surface area contributed by atoms with Gasteiger partial charge >= 0.3 is 0 Å². The highest BCUT2D eigenvalue weighted by Gasteiger charge is 2.39. The molecule has 0 heterocycles. The van der Waals surface area contributed by atoms with Gasteiger partial charge in [0.15, 0.2) is 0 Å². The number of alkyl halides is 1. The van der Waals surface area contributed by atoms with Gasteiger partial charge in [0.25, 0.3) is 0 Å². The third kappa shape index (κ3) is 2.77. The first kappa shape index (κ1) is 13.0. The molecule has 4 atom stereocenters. The summed E-state index contributed by atoms with van der Waals surface area (Å²) in [6.45, 7) is 0. The molecule has 0 nitrogen and oxygen atoms in total. The topological polar surface area (TPSA) is 0 Å². The maximum Gasteiger partial charge on any atom is 0.0438 e. The van der Waals surface area contributed by atoms with Crippen LogP contribution < -0.4 is 0 Å². The van der Waals surface area contributed by atoms with Gasteiger partial charge in [-0.15, -0.1) is 0 Å². The van der Waals surface area contributed by atoms with E-state index in [9.17, 15) is 0 Å². The zero-order valence-corrected chi connectivity index (χ0v) is 13.0. The normalized spacial score (nSPS) is 31.8. The maximum atomic E-state index is 6.23. The van der Waals surface area contributed by atoms with Crippen LogP contribution in [-0.4, -0.2) is 4.83 Å². The van der Waals surface area contributed by atoms with Gasteiger partial charge < -0.3 is 0 Å². The molecule has 2 saturated carbocycles. The van der Waals surface area contributed by atoms with Crippen molar-refractivity contribution < 1.29 is 0 Å². The van der Waals surface area contributed by atoms with Crippen LogP contribution >= 0.6 is 27.5 Å². The third-order valence-electron chi connectivity index (χ3n) is 4.84. The predicted molar refractivity (Wildman–Crippen MR) is 81.4 cm³/mol. The highest BCUT2D eigenvalue weighted by atomic mass is 79.9. The first-order chi connectivity index (χ1) is 8.72. The molecule has 2 heteroatoms. The monoisotopic (exact) mass is 326 g/mol. The third-order valence-corrected chi connectivity index (χ3v) is 5.91. The van der Waals surface area contributed by atoms with Crippen molar-refractivity contribution in [2.24, 2.45) is 17.8 Å². The Morgan fingerprint density at radius 1 is 1.22 bits per heavy atom. The Morgan fingerprint density at radius 3 is 2.72 bits per heavy atom. The summed E-state index contributed by atoms with van der Waals surface area (Å²) in [7, 11) is 0. The SMILES string of the molecule is Clc1ccccc1CC(Br)CC1CC2CCC1C2. The lowest BCUT2D eigenvalue weighted by molar-refractivity contribution is 0.313. The van der Waals surface area contributed by atoms with E-state index in [0.717, 1.165) is 29.2 Å². The summed E-state index contributed by atoms with van der Waals surface area (Å²) >= 11 is 10.1. The van der Waals surface area contributed by atoms with E-state index in [-0.39, 0.29) is 0 Å². The van der Waals surface area contributed by atoms with Crippen LogP contribution in [0.1, 0.15) is 37.7 Å². The van der Waals surface area contributed by atoms with Crippen LogP contribution in [0.3, 0.4) is 0 Å². The summed E-state index contributed by atoms with van der Waals surface area (Å²) in [4.78, 5) is 0.585. The van der Waals surface area contributed by atoms with Crippen molar-refractivity contribution in [3.8, 4) is 0 Å². The lowest BCUT2D eigenvalue weighted by Crippen LogP contribution is -2.16. The number of benzene rings is 1. The largest absolute Gasteiger partial charge is 0.0887 e. The minimum atomic E-state index is 0.585. The van der Waals surface area contributed by atoms with Gasteiger partial charge in [-0.2, -0.15) is 0 Å². The number of hydrogen-bond donors (Lipinski definition) is 0. The molecule has 2 fully saturated rings. The summed E-state index contributed by atoms with van der Waals surface area (Å²) in [5.41, 5.74) is 1.28. The molecule has 0 saturated heterocycles. The van der Waals surface area contributed by atoms with Gasteiger partial charge in [-0.05, 0) is 61.5 Å². The molecule has 1 aromatic carbocycles. The van der Waals surface area contributed by atoms with Crippen LogP contribution in [0.25, 0.3) is 0 Å². The van der Waals surface area contributed by atoms with E-state index < -0.39 is 0 Å². The van der Waals surface area contributed by atoms with E-state index in [4.69, 9.17) is 11.6 Å². The van der Waals surface area contributed by atoms with E-state index in [1.54, 1.807) is 0 Å². The van der Waals surface area contributed by atoms with Crippen LogP contribution in [0.4, 0.5) is 0 Å². The molecule has 2 bridgehead atoms. The van der Waals surface area contributed by atoms with Crippen LogP contribution in [-0.2, 0) is 6.42 Å². The van der Waals surface area contributed by atoms with E-state index in [0.29, 0.717) is 4.83 Å². The van der Waals surface area contributed by atoms with Gasteiger partial charge in [-0.3, -0.25) is 0 Å². The van der Waals surface area contributed by atoms with Crippen LogP contribution in [0, 0.1) is 17.8 Å². The summed E-state index contributed by atoms with van der Waals surface area (Å²) < 4.78 is 0. The molecule has 4 unspecified atom stereocenters. The summed E-state index contributed by atoms with van der Waals surface area (Å²) in [5, 5.41) is 0.912. The molecule has 98 valence electrons. The summed E-state index contributed by atoms with van der Waals surface area (Å²) in [6, 6.07) is 8.23. The second-order valence-corrected chi connectivity index (χ2v) is 7.77. The van der Waals surface area contributed by atoms with Gasteiger partial charge in [0.1, 0.15) is 0 Å². The second-order valence-electron chi connectivity index (χ2n) is 6.06. The molecule has 0 spiro atoms. The Bertz CT molecular complexity index is 417. The maximum absolute atomic E-state index is 6.23. The van der Waals surface area contributed by atoms with Crippen molar-refractivity contribution in [2.45, 2.75) is 43.4 Å². The molecular weight excluding hydrogens is 308 g/mol. The standard InChI is InChI=1S/C16H20BrCl/c17-15(9-13-3-1-2-4-16(13)18)10-14-8-11-5-6-12(14)7-11/h1-4,11-12,14-15H,5-10H2. The van der Waals surface area contributed by atoms with Gasteiger partial charge in [0.05, 0.1) is 0 Å². The van der Waals surface area contributed by atoms with Crippen molar-refractivity contribution in [3.05, 3.63) is 34.9 Å². The Hall–Kier alpha value is -0.0100. The highest BCUT2D eigenvalue weighted by molar-refractivity contribution is 9.09. The van der Waals surface area contributed by atoms with Crippen molar-refractivity contribution in [1.82, 2.24) is 0 Å². The highest BCUT2D eigenvalue weighted by Crippen LogP contribution is 2.50. The fraction of sp³-hybridized carbons (Fsp3) is 0.625. The molecule has 3 rings (SSSR count). The minimum absolute atomic E-state index is 0.585. The predicted octanol–water partition coefficient (Wildman–Crippen LogP) is 5.47. The molecule has 1 aromatic rings. The van der Waals surface area contributed by atoms with E-state index in [1.165, 1.54) is 37.7 Å². The Morgan fingerprint density at radius 2 is 2.06 bits per heavy atom. The molecule has 0 aromatic heterocycles. The zero-order chi connectivity index (χ0) is 12.5. The molecule has 2 aliphatic rings. The fourth-order valence-electron chi connectivity index (χ4n) is 3.98. The first-order valence-electron chi connectivity index (χ1n) is 7.10. The summed E-state index contributed by atoms with van der Waals surface area (Å²) in [6.07, 6.45) is 8.37. The van der Waals surface area contributed by atoms with E-state index in [1.807, 2.05) is 12.1 Å². The number of rotatable bonds is 4. The lowest BCUT2D eigenvalue weighted by atomic mass is 9.85. The lowest BCUT2D eigenvalue weighted by Gasteiger charge is -2.24. The van der Waals surface area contributed by atoms with Gasteiger partial charge in [-0.1, -0.05) is 52.2 Å². The number of fused-ring (bicyclic) bond motifs is 2. The molecule has 2 aliphatic carbocycles. The van der Waals surface area contributed by atoms with Gasteiger partial charge in [0, 0.05) is 9.85 Å². The second kappa shape index (κ2) is 5.54. The molecule has 18 heavy (non-hydrogen) atoms. The Labute approximate surface area is 123 Å². The average molecular weight is 328 g/mol. The van der Waals surface area contributed by atoms with Crippen LogP contribution in [0.2, 0.25) is 5.02 Å². The Kier molecular flexibility index (Phi) is 4.00. The van der Waals surface area contributed by atoms with Crippen molar-refractivity contribution >= 4 is 27.5 Å². The van der Waals surface area contributed by atoms with E-state index >= 15 is 0 Å². The molecule has 0 radical (unpaired) electrons. The van der Waals surface area contributed by atoms with Crippen LogP contribution in [0.15, 0.2) is 24.3 Å². The first-order valence-corrected chi connectivity index (χ1v) is 8.39. The fourth-order valence-corrected chi connectivity index (χ4v) is 5.02. The van der Waals surface area contributed by atoms with Crippen molar-refractivity contribution in [1.29, 1.82) is 0 Å². The summed E-state index contributed by atoms with van der Waals surface area (Å²) in [5.74, 6) is 3.05. The Balaban J connectivity index is 1.56. The van der Waals surface area contributed by atoms with Crippen molar-refractivity contribution in [3.63, 3.8) is 0 Å². The molecule has 0 amide bonds. The molecule has 0 N–H and O–H groups in total. The minimum Gasteiger partial charge on any atom is -0.0887 e. The molecular formula is C16H20BrCl. The van der Waals surface area contributed by atoms with Crippen LogP contribution in [0.5, 0.6) is 0 Å². The van der Waals surface area contributed by atoms with Gasteiger partial charge in [0.2, 0.25) is 0 Å².